The summed E-state index contributed by atoms with van der Waals surface area (Å²) in [5, 5.41) is 31.6. The molecule has 2 heterocycles. The van der Waals surface area contributed by atoms with Crippen molar-refractivity contribution in [3.63, 3.8) is 0 Å². The van der Waals surface area contributed by atoms with Crippen molar-refractivity contribution >= 4 is 23.2 Å². The van der Waals surface area contributed by atoms with Crippen molar-refractivity contribution in [1.82, 2.24) is 9.97 Å². The van der Waals surface area contributed by atoms with Gasteiger partial charge in [0, 0.05) is 24.7 Å². The van der Waals surface area contributed by atoms with E-state index in [-0.39, 0.29) is 28.6 Å². The number of nitro benzene ring substituents is 1. The van der Waals surface area contributed by atoms with Gasteiger partial charge >= 0.3 is 0 Å². The van der Waals surface area contributed by atoms with Crippen LogP contribution in [0.4, 0.5) is 17.3 Å². The van der Waals surface area contributed by atoms with Gasteiger partial charge < -0.3 is 14.6 Å². The predicted molar refractivity (Wildman–Crippen MR) is 92.1 cm³/mol. The molecule has 0 aliphatic carbocycles. The number of nitrogens with one attached hydrogen (secondary N) is 2. The van der Waals surface area contributed by atoms with Crippen LogP contribution >= 0.6 is 0 Å². The summed E-state index contributed by atoms with van der Waals surface area (Å²) in [6.45, 7) is 1.99. The van der Waals surface area contributed by atoms with Gasteiger partial charge in [-0.1, -0.05) is 0 Å². The molecule has 0 atom stereocenters. The lowest BCUT2D eigenvalue weighted by molar-refractivity contribution is -0.384. The first-order valence-corrected chi connectivity index (χ1v) is 7.86. The van der Waals surface area contributed by atoms with Gasteiger partial charge in [0.05, 0.1) is 18.1 Å². The highest BCUT2D eigenvalue weighted by Crippen LogP contribution is 2.30. The van der Waals surface area contributed by atoms with Crippen molar-refractivity contribution in [3.8, 4) is 12.1 Å². The number of carbonyl (C=O) groups excluding carboxylic acids is 1. The molecule has 0 spiro atoms. The van der Waals surface area contributed by atoms with Gasteiger partial charge in [-0.2, -0.15) is 10.5 Å². The number of rotatable bonds is 4. The lowest BCUT2D eigenvalue weighted by Crippen LogP contribution is -2.36. The van der Waals surface area contributed by atoms with E-state index in [0.29, 0.717) is 32.0 Å². The van der Waals surface area contributed by atoms with Crippen LogP contribution in [0.5, 0.6) is 0 Å². The number of imidazole rings is 1. The maximum absolute atomic E-state index is 12.4. The number of nitrogens with zero attached hydrogens (tertiary/aromatic N) is 5. The Kier molecular flexibility index (Phi) is 4.97. The lowest BCUT2D eigenvalue weighted by atomic mass is 10.1. The normalized spacial score (nSPS) is 13.5. The molecule has 3 rings (SSSR count). The molecule has 11 nitrogen and oxygen atoms in total. The molecular formula is C16H13N7O4. The third kappa shape index (κ3) is 3.68. The Morgan fingerprint density at radius 2 is 2.07 bits per heavy atom. The molecule has 1 aliphatic heterocycles. The van der Waals surface area contributed by atoms with Crippen LogP contribution < -0.4 is 10.2 Å². The minimum absolute atomic E-state index is 0.0483. The smallest absolute Gasteiger partial charge is 0.293 e. The van der Waals surface area contributed by atoms with Gasteiger partial charge in [-0.15, -0.1) is 0 Å². The van der Waals surface area contributed by atoms with Gasteiger partial charge in [-0.25, -0.2) is 4.98 Å². The van der Waals surface area contributed by atoms with Gasteiger partial charge in [-0.3, -0.25) is 20.2 Å². The molecule has 1 aromatic heterocycles. The van der Waals surface area contributed by atoms with E-state index >= 15 is 0 Å². The highest BCUT2D eigenvalue weighted by molar-refractivity contribution is 6.04. The van der Waals surface area contributed by atoms with E-state index in [9.17, 15) is 14.9 Å². The van der Waals surface area contributed by atoms with Crippen molar-refractivity contribution < 1.29 is 14.5 Å². The largest absolute Gasteiger partial charge is 0.378 e. The number of hydrogen-bond donors (Lipinski definition) is 2. The predicted octanol–water partition coefficient (Wildman–Crippen LogP) is 1.15. The van der Waals surface area contributed by atoms with Gasteiger partial charge in [0.15, 0.2) is 11.4 Å². The summed E-state index contributed by atoms with van der Waals surface area (Å²) < 4.78 is 5.25. The summed E-state index contributed by atoms with van der Waals surface area (Å²) in [7, 11) is 0. The SMILES string of the molecule is N#Cc1nc(NC(=O)c2ccc(N3CCOCC3)c([N+](=O)[O-])c2)[nH]c1C#N. The summed E-state index contributed by atoms with van der Waals surface area (Å²) in [5.74, 6) is -0.748. The standard InChI is InChI=1S/C16H13N7O4/c17-8-11-12(9-18)20-16(19-11)21-15(24)10-1-2-13(14(7-10)23(25)26)22-3-5-27-6-4-22/h1-2,7H,3-6H2,(H2,19,20,21,24). The number of morpholine rings is 1. The summed E-state index contributed by atoms with van der Waals surface area (Å²) in [4.78, 5) is 31.4. The van der Waals surface area contributed by atoms with Gasteiger partial charge in [0.2, 0.25) is 5.95 Å². The summed E-state index contributed by atoms with van der Waals surface area (Å²) in [6, 6.07) is 7.64. The Morgan fingerprint density at radius 3 is 2.67 bits per heavy atom. The fourth-order valence-corrected chi connectivity index (χ4v) is 2.66. The fourth-order valence-electron chi connectivity index (χ4n) is 2.66. The van der Waals surface area contributed by atoms with Crippen LogP contribution in [0.15, 0.2) is 18.2 Å². The molecule has 11 heteroatoms. The molecule has 2 aromatic rings. The first-order chi connectivity index (χ1) is 13.0. The molecule has 1 saturated heterocycles. The fraction of sp³-hybridized carbons (Fsp3) is 0.250. The van der Waals surface area contributed by atoms with Crippen LogP contribution in [0.25, 0.3) is 0 Å². The van der Waals surface area contributed by atoms with Crippen molar-refractivity contribution in [2.24, 2.45) is 0 Å². The van der Waals surface area contributed by atoms with E-state index in [2.05, 4.69) is 15.3 Å². The molecule has 1 amide bonds. The van der Waals surface area contributed by atoms with Crippen LogP contribution in [0.3, 0.4) is 0 Å². The zero-order chi connectivity index (χ0) is 19.4. The number of anilines is 2. The average molecular weight is 367 g/mol. The van der Waals surface area contributed by atoms with Crippen molar-refractivity contribution in [2.45, 2.75) is 0 Å². The van der Waals surface area contributed by atoms with Crippen LogP contribution in [-0.4, -0.2) is 47.1 Å². The molecule has 0 unspecified atom stereocenters. The number of nitriles is 2. The van der Waals surface area contributed by atoms with Crippen molar-refractivity contribution in [2.75, 3.05) is 36.5 Å². The van der Waals surface area contributed by atoms with Crippen LogP contribution in [-0.2, 0) is 4.74 Å². The second-order valence-electron chi connectivity index (χ2n) is 5.55. The summed E-state index contributed by atoms with van der Waals surface area (Å²) in [5.41, 5.74) is 0.0332. The Hall–Kier alpha value is -3.96. The molecule has 1 fully saturated rings. The van der Waals surface area contributed by atoms with Gasteiger partial charge in [-0.05, 0) is 12.1 Å². The average Bonchev–Trinajstić information content (AvgIpc) is 3.10. The monoisotopic (exact) mass is 367 g/mol. The molecule has 0 radical (unpaired) electrons. The third-order valence-corrected chi connectivity index (χ3v) is 3.94. The summed E-state index contributed by atoms with van der Waals surface area (Å²) >= 11 is 0. The van der Waals surface area contributed by atoms with E-state index in [1.807, 2.05) is 4.90 Å². The number of benzene rings is 1. The number of H-pyrrole nitrogens is 1. The van der Waals surface area contributed by atoms with Crippen molar-refractivity contribution in [3.05, 3.63) is 45.3 Å². The maximum Gasteiger partial charge on any atom is 0.293 e. The number of carbonyl (C=O) groups is 1. The number of ether oxygens (including phenoxy) is 1. The minimum atomic E-state index is -0.658. The molecule has 1 aromatic carbocycles. The Bertz CT molecular complexity index is 948. The van der Waals surface area contributed by atoms with E-state index in [0.717, 1.165) is 0 Å². The molecular weight excluding hydrogens is 354 g/mol. The topological polar surface area (TPSA) is 161 Å². The first-order valence-electron chi connectivity index (χ1n) is 7.86. The maximum atomic E-state index is 12.4. The summed E-state index contributed by atoms with van der Waals surface area (Å²) in [6.07, 6.45) is 0. The van der Waals surface area contributed by atoms with E-state index in [1.165, 1.54) is 18.2 Å². The van der Waals surface area contributed by atoms with E-state index in [4.69, 9.17) is 15.3 Å². The van der Waals surface area contributed by atoms with Crippen LogP contribution in [0.1, 0.15) is 21.7 Å². The highest BCUT2D eigenvalue weighted by Gasteiger charge is 2.23. The molecule has 2 N–H and O–H groups in total. The number of aromatic nitrogens is 2. The zero-order valence-corrected chi connectivity index (χ0v) is 13.9. The molecule has 27 heavy (non-hydrogen) atoms. The highest BCUT2D eigenvalue weighted by atomic mass is 16.6. The number of nitro groups is 1. The van der Waals surface area contributed by atoms with Gasteiger partial charge in [0.25, 0.3) is 11.6 Å². The van der Waals surface area contributed by atoms with Crippen LogP contribution in [0.2, 0.25) is 0 Å². The Labute approximate surface area is 152 Å². The second kappa shape index (κ2) is 7.51. The first kappa shape index (κ1) is 17.8. The van der Waals surface area contributed by atoms with Gasteiger partial charge in [0.1, 0.15) is 17.8 Å². The number of hydrogen-bond acceptors (Lipinski definition) is 8. The van der Waals surface area contributed by atoms with E-state index < -0.39 is 10.8 Å². The molecule has 136 valence electrons. The zero-order valence-electron chi connectivity index (χ0n) is 13.9. The Morgan fingerprint density at radius 1 is 1.33 bits per heavy atom. The second-order valence-corrected chi connectivity index (χ2v) is 5.55. The molecule has 1 aliphatic rings. The Balaban J connectivity index is 1.86. The quantitative estimate of drug-likeness (QED) is 0.601. The molecule has 0 saturated carbocycles. The number of aromatic amines is 1. The number of amides is 1. The minimum Gasteiger partial charge on any atom is -0.378 e. The van der Waals surface area contributed by atoms with Crippen LogP contribution in [0, 0.1) is 32.8 Å². The molecule has 0 bridgehead atoms. The third-order valence-electron chi connectivity index (χ3n) is 3.94. The van der Waals surface area contributed by atoms with Crippen molar-refractivity contribution in [1.29, 1.82) is 10.5 Å². The van der Waals surface area contributed by atoms with E-state index in [1.54, 1.807) is 12.1 Å². The lowest BCUT2D eigenvalue weighted by Gasteiger charge is -2.28.